The number of nitrogens with one attached hydrogen (secondary N) is 1. The molecule has 2 aliphatic rings. The number of rotatable bonds is 4. The second kappa shape index (κ2) is 8.30. The van der Waals surface area contributed by atoms with Gasteiger partial charge in [0.05, 0.1) is 30.2 Å². The van der Waals surface area contributed by atoms with E-state index in [1.165, 1.54) is 17.2 Å². The first-order valence-corrected chi connectivity index (χ1v) is 10.0. The molecule has 1 aromatic heterocycles. The van der Waals surface area contributed by atoms with Crippen LogP contribution in [0.4, 0.5) is 23.2 Å². The fraction of sp³-hybridized carbons (Fsp3) is 0.476. The molecule has 0 radical (unpaired) electrons. The van der Waals surface area contributed by atoms with Crippen LogP contribution in [0.2, 0.25) is 0 Å². The minimum Gasteiger partial charge on any atom is -0.380 e. The minimum absolute atomic E-state index is 0.0431. The number of aromatic nitrogens is 1. The molecular formula is C21H21F4N5O. The van der Waals surface area contributed by atoms with Gasteiger partial charge in [-0.1, -0.05) is 12.1 Å². The number of amides is 1. The third-order valence-corrected chi connectivity index (χ3v) is 5.79. The van der Waals surface area contributed by atoms with Gasteiger partial charge in [0.2, 0.25) is 5.91 Å². The smallest absolute Gasteiger partial charge is 0.380 e. The van der Waals surface area contributed by atoms with Gasteiger partial charge in [0.15, 0.2) is 0 Å². The van der Waals surface area contributed by atoms with Crippen LogP contribution in [-0.2, 0) is 11.0 Å². The van der Waals surface area contributed by atoms with Crippen molar-refractivity contribution in [3.05, 3.63) is 36.0 Å². The number of carbonyl (C=O) groups is 1. The molecule has 10 heteroatoms. The quantitative estimate of drug-likeness (QED) is 0.747. The summed E-state index contributed by atoms with van der Waals surface area (Å²) in [5.74, 6) is -0.281. The Kier molecular flexibility index (Phi) is 5.71. The third-order valence-electron chi connectivity index (χ3n) is 5.79. The Morgan fingerprint density at radius 1 is 1.29 bits per heavy atom. The second-order valence-corrected chi connectivity index (χ2v) is 7.95. The van der Waals surface area contributed by atoms with E-state index in [0.29, 0.717) is 30.6 Å². The number of halogens is 4. The normalized spacial score (nSPS) is 24.5. The molecule has 1 amide bonds. The lowest BCUT2D eigenvalue weighted by molar-refractivity contribution is -0.136. The molecular weight excluding hydrogens is 414 g/mol. The number of fused-ring (bicyclic) bond motifs is 1. The van der Waals surface area contributed by atoms with E-state index in [0.717, 1.165) is 6.07 Å². The SMILES string of the molecule is N#CC1C[C@H](F)CN1C(=O)CN1CC[C@H](Nc2ccnc3c(C(F)(F)F)cccc23)C1. The molecule has 1 aromatic carbocycles. The summed E-state index contributed by atoms with van der Waals surface area (Å²) in [5, 5.41) is 12.8. The van der Waals surface area contributed by atoms with Crippen molar-refractivity contribution in [3.8, 4) is 6.07 Å². The minimum atomic E-state index is -4.49. The zero-order valence-corrected chi connectivity index (χ0v) is 16.6. The number of nitriles is 1. The number of alkyl halides is 4. The third kappa shape index (κ3) is 4.42. The maximum absolute atomic E-state index is 13.6. The van der Waals surface area contributed by atoms with Crippen LogP contribution >= 0.6 is 0 Å². The topological polar surface area (TPSA) is 72.3 Å². The molecule has 0 aliphatic carbocycles. The van der Waals surface area contributed by atoms with Crippen molar-refractivity contribution >= 4 is 22.5 Å². The number of benzene rings is 1. The van der Waals surface area contributed by atoms with E-state index >= 15 is 0 Å². The van der Waals surface area contributed by atoms with Crippen molar-refractivity contribution in [1.82, 2.24) is 14.8 Å². The van der Waals surface area contributed by atoms with Crippen LogP contribution in [0.3, 0.4) is 0 Å². The van der Waals surface area contributed by atoms with Crippen molar-refractivity contribution < 1.29 is 22.4 Å². The van der Waals surface area contributed by atoms with Gasteiger partial charge in [0.1, 0.15) is 12.2 Å². The highest BCUT2D eigenvalue weighted by atomic mass is 19.4. The number of nitrogens with zero attached hydrogens (tertiary/aromatic N) is 4. The predicted octanol–water partition coefficient (Wildman–Crippen LogP) is 3.20. The maximum Gasteiger partial charge on any atom is 0.418 e. The number of anilines is 1. The zero-order chi connectivity index (χ0) is 22.2. The molecule has 3 atom stereocenters. The van der Waals surface area contributed by atoms with Crippen molar-refractivity contribution in [2.45, 2.75) is 37.3 Å². The highest BCUT2D eigenvalue weighted by molar-refractivity contribution is 5.93. The van der Waals surface area contributed by atoms with E-state index < -0.39 is 24.0 Å². The van der Waals surface area contributed by atoms with E-state index in [1.807, 2.05) is 11.0 Å². The fourth-order valence-electron chi connectivity index (χ4n) is 4.31. The molecule has 2 fully saturated rings. The van der Waals surface area contributed by atoms with Crippen molar-refractivity contribution in [2.24, 2.45) is 0 Å². The Bertz CT molecular complexity index is 1020. The van der Waals surface area contributed by atoms with Gasteiger partial charge in [0, 0.05) is 42.8 Å². The summed E-state index contributed by atoms with van der Waals surface area (Å²) in [6.07, 6.45) is -3.59. The monoisotopic (exact) mass is 435 g/mol. The summed E-state index contributed by atoms with van der Waals surface area (Å²) >= 11 is 0. The number of likely N-dealkylation sites (tertiary alicyclic amines) is 2. The number of hydrogen-bond acceptors (Lipinski definition) is 5. The number of pyridine rings is 1. The first kappa shape index (κ1) is 21.3. The average molecular weight is 435 g/mol. The summed E-state index contributed by atoms with van der Waals surface area (Å²) in [5.41, 5.74) is -0.336. The number of carbonyl (C=O) groups excluding carboxylic acids is 1. The van der Waals surface area contributed by atoms with Crippen LogP contribution in [-0.4, -0.2) is 65.1 Å². The Labute approximate surface area is 176 Å². The molecule has 0 spiro atoms. The molecule has 0 saturated carbocycles. The summed E-state index contributed by atoms with van der Waals surface area (Å²) in [6.45, 7) is 1.15. The molecule has 3 heterocycles. The van der Waals surface area contributed by atoms with E-state index in [9.17, 15) is 22.4 Å². The maximum atomic E-state index is 13.6. The van der Waals surface area contributed by atoms with Gasteiger partial charge < -0.3 is 10.2 Å². The van der Waals surface area contributed by atoms with Gasteiger partial charge >= 0.3 is 6.18 Å². The van der Waals surface area contributed by atoms with Crippen molar-refractivity contribution in [1.29, 1.82) is 5.26 Å². The van der Waals surface area contributed by atoms with E-state index in [2.05, 4.69) is 10.3 Å². The lowest BCUT2D eigenvalue weighted by atomic mass is 10.1. The largest absolute Gasteiger partial charge is 0.418 e. The van der Waals surface area contributed by atoms with Crippen molar-refractivity contribution in [3.63, 3.8) is 0 Å². The zero-order valence-electron chi connectivity index (χ0n) is 16.6. The molecule has 0 bridgehead atoms. The summed E-state index contributed by atoms with van der Waals surface area (Å²) < 4.78 is 53.4. The Morgan fingerprint density at radius 2 is 2.10 bits per heavy atom. The van der Waals surface area contributed by atoms with Gasteiger partial charge in [-0.05, 0) is 18.6 Å². The van der Waals surface area contributed by atoms with E-state index in [1.54, 1.807) is 12.1 Å². The van der Waals surface area contributed by atoms with Gasteiger partial charge in [-0.15, -0.1) is 0 Å². The van der Waals surface area contributed by atoms with Crippen LogP contribution in [0.15, 0.2) is 30.5 Å². The van der Waals surface area contributed by atoms with E-state index in [4.69, 9.17) is 5.26 Å². The molecule has 2 saturated heterocycles. The predicted molar refractivity (Wildman–Crippen MR) is 106 cm³/mol. The fourth-order valence-corrected chi connectivity index (χ4v) is 4.31. The van der Waals surface area contributed by atoms with Crippen LogP contribution in [0.5, 0.6) is 0 Å². The summed E-state index contributed by atoms with van der Waals surface area (Å²) in [6, 6.07) is 6.78. The molecule has 2 aromatic rings. The van der Waals surface area contributed by atoms with Gasteiger partial charge in [-0.25, -0.2) is 4.39 Å². The standard InChI is InChI=1S/C21H21F4N5O/c22-13-8-15(9-26)30(10-13)19(31)12-29-7-5-14(11-29)28-18-4-6-27-20-16(18)2-1-3-17(20)21(23,24)25/h1-4,6,13-15H,5,7-8,10-12H2,(H,27,28)/t13-,14-,15?/m0/s1. The van der Waals surface area contributed by atoms with E-state index in [-0.39, 0.29) is 37.0 Å². The molecule has 2 aliphatic heterocycles. The van der Waals surface area contributed by atoms with Crippen molar-refractivity contribution in [2.75, 3.05) is 31.5 Å². The number of hydrogen-bond donors (Lipinski definition) is 1. The molecule has 4 rings (SSSR count). The molecule has 6 nitrogen and oxygen atoms in total. The molecule has 164 valence electrons. The lowest BCUT2D eigenvalue weighted by Crippen LogP contribution is -2.42. The van der Waals surface area contributed by atoms with Crippen LogP contribution in [0.1, 0.15) is 18.4 Å². The van der Waals surface area contributed by atoms with Crippen LogP contribution in [0.25, 0.3) is 10.9 Å². The second-order valence-electron chi connectivity index (χ2n) is 7.95. The van der Waals surface area contributed by atoms with Crippen LogP contribution < -0.4 is 5.32 Å². The van der Waals surface area contributed by atoms with Gasteiger partial charge in [-0.3, -0.25) is 14.7 Å². The molecule has 31 heavy (non-hydrogen) atoms. The molecule has 1 N–H and O–H groups in total. The van der Waals surface area contributed by atoms with Gasteiger partial charge in [0.25, 0.3) is 0 Å². The first-order chi connectivity index (χ1) is 14.8. The Balaban J connectivity index is 1.43. The Morgan fingerprint density at radius 3 is 2.84 bits per heavy atom. The van der Waals surface area contributed by atoms with Gasteiger partial charge in [-0.2, -0.15) is 18.4 Å². The first-order valence-electron chi connectivity index (χ1n) is 10.0. The highest BCUT2D eigenvalue weighted by Crippen LogP contribution is 2.36. The summed E-state index contributed by atoms with van der Waals surface area (Å²) in [4.78, 5) is 19.6. The van der Waals surface area contributed by atoms with Crippen LogP contribution in [0, 0.1) is 11.3 Å². The lowest BCUT2D eigenvalue weighted by Gasteiger charge is -2.23. The Hall–Kier alpha value is -2.93. The average Bonchev–Trinajstić information content (AvgIpc) is 3.32. The molecule has 1 unspecified atom stereocenters. The number of para-hydroxylation sites is 1. The summed E-state index contributed by atoms with van der Waals surface area (Å²) in [7, 11) is 0. The highest BCUT2D eigenvalue weighted by Gasteiger charge is 2.37.